The maximum atomic E-state index is 13.1. The van der Waals surface area contributed by atoms with Crippen LogP contribution in [0.15, 0.2) is 71.9 Å². The Balaban J connectivity index is 1.75. The predicted molar refractivity (Wildman–Crippen MR) is 132 cm³/mol. The van der Waals surface area contributed by atoms with Gasteiger partial charge in [0.05, 0.1) is 11.8 Å². The molecule has 1 heterocycles. The van der Waals surface area contributed by atoms with E-state index in [0.717, 1.165) is 16.0 Å². The van der Waals surface area contributed by atoms with E-state index < -0.39 is 24.1 Å². The Morgan fingerprint density at radius 1 is 0.971 bits per heavy atom. The zero-order valence-electron chi connectivity index (χ0n) is 19.5. The largest absolute Gasteiger partial charge is 0.456 e. The number of rotatable bonds is 11. The van der Waals surface area contributed by atoms with E-state index in [9.17, 15) is 19.2 Å². The highest BCUT2D eigenvalue weighted by molar-refractivity contribution is 9.09. The van der Waals surface area contributed by atoms with Gasteiger partial charge < -0.3 is 14.8 Å². The molecule has 2 aromatic rings. The molecule has 0 saturated carbocycles. The van der Waals surface area contributed by atoms with Gasteiger partial charge in [0.15, 0.2) is 18.1 Å². The normalized spacial score (nSPS) is 16.8. The van der Waals surface area contributed by atoms with Gasteiger partial charge in [-0.3, -0.25) is 19.3 Å². The third-order valence-electron chi connectivity index (χ3n) is 5.25. The van der Waals surface area contributed by atoms with Crippen LogP contribution in [0.2, 0.25) is 0 Å². The van der Waals surface area contributed by atoms with Crippen LogP contribution >= 0.6 is 15.9 Å². The van der Waals surface area contributed by atoms with Gasteiger partial charge in [0.2, 0.25) is 5.91 Å². The number of carbonyl (C=O) groups excluding carboxylic acids is 4. The Hall–Kier alpha value is -3.30. The molecular weight excluding hydrogens is 516 g/mol. The van der Waals surface area contributed by atoms with Crippen molar-refractivity contribution in [2.24, 2.45) is 0 Å². The lowest BCUT2D eigenvalue weighted by atomic mass is 10.0. The van der Waals surface area contributed by atoms with E-state index in [1.807, 2.05) is 48.5 Å². The van der Waals surface area contributed by atoms with Crippen molar-refractivity contribution in [2.45, 2.75) is 39.1 Å². The van der Waals surface area contributed by atoms with Crippen molar-refractivity contribution < 1.29 is 28.7 Å². The molecule has 0 bridgehead atoms. The van der Waals surface area contributed by atoms with Gasteiger partial charge in [-0.1, -0.05) is 76.6 Å². The average molecular weight is 543 g/mol. The molecule has 35 heavy (non-hydrogen) atoms. The summed E-state index contributed by atoms with van der Waals surface area (Å²) in [5.74, 6) is -1.84. The van der Waals surface area contributed by atoms with Crippen LogP contribution in [-0.4, -0.2) is 52.7 Å². The standard InChI is InChI=1S/C26H27BrN2O6/c1-17(2)23(26(33)35-15-19-11-7-4-8-12-19)29-24(32)22(25(29)34-16-20(30)14-27)28-21(31)13-18-9-5-3-6-10-18/h3-12,22,25H,13-16H2,1-2H3,(H,28,31). The summed E-state index contributed by atoms with van der Waals surface area (Å²) < 4.78 is 11.1. The number of β-lactam (4-membered cyclic amide) rings is 1. The number of halogens is 1. The molecule has 1 N–H and O–H groups in total. The number of amides is 2. The molecule has 0 aromatic heterocycles. The van der Waals surface area contributed by atoms with E-state index in [0.29, 0.717) is 5.57 Å². The van der Waals surface area contributed by atoms with Crippen molar-refractivity contribution in [2.75, 3.05) is 11.9 Å². The summed E-state index contributed by atoms with van der Waals surface area (Å²) in [5, 5.41) is 2.75. The minimum atomic E-state index is -1.04. The number of carbonyl (C=O) groups is 4. The summed E-state index contributed by atoms with van der Waals surface area (Å²) in [7, 11) is 0. The second-order valence-electron chi connectivity index (χ2n) is 8.20. The molecule has 1 saturated heterocycles. The lowest BCUT2D eigenvalue weighted by molar-refractivity contribution is -0.183. The molecule has 1 aliphatic heterocycles. The number of ether oxygens (including phenoxy) is 2. The van der Waals surface area contributed by atoms with Crippen molar-refractivity contribution >= 4 is 39.5 Å². The summed E-state index contributed by atoms with van der Waals surface area (Å²) in [5.41, 5.74) is 2.14. The number of allylic oxidation sites excluding steroid dienone is 1. The van der Waals surface area contributed by atoms with Gasteiger partial charge in [-0.2, -0.15) is 0 Å². The monoisotopic (exact) mass is 542 g/mol. The first kappa shape index (κ1) is 26.3. The summed E-state index contributed by atoms with van der Waals surface area (Å²) in [6, 6.07) is 17.2. The molecule has 2 aromatic carbocycles. The van der Waals surface area contributed by atoms with E-state index in [1.54, 1.807) is 26.0 Å². The molecule has 1 aliphatic rings. The van der Waals surface area contributed by atoms with Crippen LogP contribution in [0.4, 0.5) is 0 Å². The zero-order chi connectivity index (χ0) is 25.4. The summed E-state index contributed by atoms with van der Waals surface area (Å²) in [4.78, 5) is 51.6. The summed E-state index contributed by atoms with van der Waals surface area (Å²) in [6.45, 7) is 3.09. The molecule has 8 nitrogen and oxygen atoms in total. The van der Waals surface area contributed by atoms with E-state index in [1.165, 1.54) is 0 Å². The zero-order valence-corrected chi connectivity index (χ0v) is 21.1. The molecular formula is C26H27BrN2O6. The molecule has 2 amide bonds. The fourth-order valence-corrected chi connectivity index (χ4v) is 3.72. The van der Waals surface area contributed by atoms with Gasteiger partial charge in [0.1, 0.15) is 18.9 Å². The third-order valence-corrected chi connectivity index (χ3v) is 5.88. The highest BCUT2D eigenvalue weighted by Crippen LogP contribution is 2.29. The number of likely N-dealkylation sites (tertiary alicyclic amines) is 1. The van der Waals surface area contributed by atoms with E-state index in [2.05, 4.69) is 21.2 Å². The van der Waals surface area contributed by atoms with Crippen molar-refractivity contribution in [3.8, 4) is 0 Å². The first-order chi connectivity index (χ1) is 16.8. The third kappa shape index (κ3) is 6.86. The minimum Gasteiger partial charge on any atom is -0.456 e. The smallest absolute Gasteiger partial charge is 0.355 e. The van der Waals surface area contributed by atoms with Gasteiger partial charge in [-0.15, -0.1) is 0 Å². The van der Waals surface area contributed by atoms with Gasteiger partial charge in [-0.25, -0.2) is 4.79 Å². The molecule has 3 rings (SSSR count). The number of ketones is 1. The lowest BCUT2D eigenvalue weighted by Gasteiger charge is -2.46. The van der Waals surface area contributed by atoms with Crippen LogP contribution in [0.1, 0.15) is 25.0 Å². The average Bonchev–Trinajstić information content (AvgIpc) is 2.86. The molecule has 2 unspecified atom stereocenters. The quantitative estimate of drug-likeness (QED) is 0.203. The second kappa shape index (κ2) is 12.4. The molecule has 9 heteroatoms. The fourth-order valence-electron chi connectivity index (χ4n) is 3.56. The highest BCUT2D eigenvalue weighted by Gasteiger charge is 2.53. The van der Waals surface area contributed by atoms with Gasteiger partial charge in [-0.05, 0) is 30.5 Å². The number of hydrogen-bond acceptors (Lipinski definition) is 6. The van der Waals surface area contributed by atoms with Crippen molar-refractivity contribution in [3.63, 3.8) is 0 Å². The Labute approximate surface area is 212 Å². The maximum Gasteiger partial charge on any atom is 0.355 e. The number of Topliss-reactive ketones (excluding diaryl/α,β-unsaturated/α-hetero) is 1. The first-order valence-electron chi connectivity index (χ1n) is 11.1. The number of nitrogens with one attached hydrogen (secondary N) is 1. The van der Waals surface area contributed by atoms with Crippen molar-refractivity contribution in [3.05, 3.63) is 83.1 Å². The number of benzene rings is 2. The van der Waals surface area contributed by atoms with Crippen LogP contribution in [0.25, 0.3) is 0 Å². The number of alkyl halides is 1. The Morgan fingerprint density at radius 2 is 1.57 bits per heavy atom. The Bertz CT molecular complexity index is 1100. The maximum absolute atomic E-state index is 13.1. The second-order valence-corrected chi connectivity index (χ2v) is 8.76. The van der Waals surface area contributed by atoms with Gasteiger partial charge >= 0.3 is 5.97 Å². The molecule has 0 aliphatic carbocycles. The number of nitrogens with zero attached hydrogens (tertiary/aromatic N) is 1. The highest BCUT2D eigenvalue weighted by atomic mass is 79.9. The van der Waals surface area contributed by atoms with Crippen LogP contribution in [0.3, 0.4) is 0 Å². The lowest BCUT2D eigenvalue weighted by Crippen LogP contribution is -2.72. The molecule has 2 atom stereocenters. The summed E-state index contributed by atoms with van der Waals surface area (Å²) >= 11 is 3.08. The van der Waals surface area contributed by atoms with Crippen molar-refractivity contribution in [1.29, 1.82) is 0 Å². The van der Waals surface area contributed by atoms with Crippen LogP contribution in [0, 0.1) is 0 Å². The fraction of sp³-hybridized carbons (Fsp3) is 0.308. The molecule has 184 valence electrons. The van der Waals surface area contributed by atoms with Gasteiger partial charge in [0, 0.05) is 0 Å². The Morgan fingerprint density at radius 3 is 2.14 bits per heavy atom. The van der Waals surface area contributed by atoms with E-state index >= 15 is 0 Å². The first-order valence-corrected chi connectivity index (χ1v) is 12.2. The molecule has 0 radical (unpaired) electrons. The van der Waals surface area contributed by atoms with Gasteiger partial charge in [0.25, 0.3) is 5.91 Å². The summed E-state index contributed by atoms with van der Waals surface area (Å²) in [6.07, 6.45) is -0.953. The number of esters is 1. The van der Waals surface area contributed by atoms with Crippen LogP contribution in [-0.2, 0) is 41.7 Å². The van der Waals surface area contributed by atoms with E-state index in [-0.39, 0.29) is 42.4 Å². The molecule has 1 fully saturated rings. The van der Waals surface area contributed by atoms with Crippen LogP contribution in [0.5, 0.6) is 0 Å². The van der Waals surface area contributed by atoms with Crippen LogP contribution < -0.4 is 5.32 Å². The number of hydrogen-bond donors (Lipinski definition) is 1. The Kier molecular flexibility index (Phi) is 9.33. The molecule has 0 spiro atoms. The topological polar surface area (TPSA) is 102 Å². The minimum absolute atomic E-state index is 0.0239. The van der Waals surface area contributed by atoms with Crippen molar-refractivity contribution in [1.82, 2.24) is 10.2 Å². The predicted octanol–water partition coefficient (Wildman–Crippen LogP) is 2.90. The SMILES string of the molecule is CC(C)=C(C(=O)OCc1ccccc1)N1C(=O)C(NC(=O)Cc2ccccc2)C1OCC(=O)CBr. The van der Waals surface area contributed by atoms with E-state index in [4.69, 9.17) is 9.47 Å².